The summed E-state index contributed by atoms with van der Waals surface area (Å²) in [5.74, 6) is -1.33. The van der Waals surface area contributed by atoms with Crippen LogP contribution in [0.1, 0.15) is 15.9 Å². The van der Waals surface area contributed by atoms with Crippen molar-refractivity contribution in [2.24, 2.45) is 0 Å². The van der Waals surface area contributed by atoms with Crippen LogP contribution in [0.4, 0.5) is 5.69 Å². The molecule has 0 heterocycles. The highest BCUT2D eigenvalue weighted by atomic mass is 35.5. The molecule has 9 heteroatoms. The Bertz CT molecular complexity index is 897. The van der Waals surface area contributed by atoms with Crippen LogP contribution >= 0.6 is 34.8 Å². The molecule has 0 bridgehead atoms. The van der Waals surface area contributed by atoms with E-state index in [9.17, 15) is 13.2 Å². The predicted octanol–water partition coefficient (Wildman–Crippen LogP) is 4.45. The van der Waals surface area contributed by atoms with Crippen LogP contribution in [0.3, 0.4) is 0 Å². The van der Waals surface area contributed by atoms with Crippen LogP contribution in [0.2, 0.25) is 15.1 Å². The first kappa shape index (κ1) is 17.9. The summed E-state index contributed by atoms with van der Waals surface area (Å²) in [5.41, 5.74) is 0.247. The molecule has 2 aromatic carbocycles. The fourth-order valence-electron chi connectivity index (χ4n) is 1.84. The third-order valence-electron chi connectivity index (χ3n) is 2.96. The fraction of sp³-hybridized carbons (Fsp3) is 0.0714. The van der Waals surface area contributed by atoms with E-state index in [0.717, 1.165) is 6.07 Å². The van der Waals surface area contributed by atoms with E-state index < -0.39 is 16.0 Å². The van der Waals surface area contributed by atoms with E-state index >= 15 is 0 Å². The van der Waals surface area contributed by atoms with Gasteiger partial charge in [0.1, 0.15) is 4.90 Å². The van der Waals surface area contributed by atoms with Crippen LogP contribution in [0, 0.1) is 6.92 Å². The Morgan fingerprint density at radius 1 is 1.13 bits per heavy atom. The number of nitrogens with one attached hydrogen (secondary N) is 1. The van der Waals surface area contributed by atoms with Crippen molar-refractivity contribution in [3.63, 3.8) is 0 Å². The second kappa shape index (κ2) is 6.57. The Labute approximate surface area is 147 Å². The summed E-state index contributed by atoms with van der Waals surface area (Å²) in [5, 5.41) is 8.90. The molecule has 0 fully saturated rings. The largest absolute Gasteiger partial charge is 0.478 e. The first-order valence-electron chi connectivity index (χ1n) is 6.13. The molecule has 5 nitrogen and oxygen atoms in total. The standard InChI is InChI=1S/C14H10Cl3NO4S/c1-7-3-2-4-11(12(7)16)23(21,22)18-8-5-9(14(19)20)13(17)10(15)6-8/h2-6,18H,1H3,(H,19,20). The van der Waals surface area contributed by atoms with Gasteiger partial charge in [0.05, 0.1) is 26.3 Å². The van der Waals surface area contributed by atoms with Gasteiger partial charge in [0.25, 0.3) is 10.0 Å². The molecule has 0 aliphatic heterocycles. The van der Waals surface area contributed by atoms with E-state index in [2.05, 4.69) is 4.72 Å². The zero-order chi connectivity index (χ0) is 17.4. The Morgan fingerprint density at radius 3 is 2.39 bits per heavy atom. The number of benzene rings is 2. The maximum atomic E-state index is 12.4. The van der Waals surface area contributed by atoms with E-state index in [1.807, 2.05) is 0 Å². The van der Waals surface area contributed by atoms with Gasteiger partial charge in [0.15, 0.2) is 0 Å². The lowest BCUT2D eigenvalue weighted by molar-refractivity contribution is 0.0697. The van der Waals surface area contributed by atoms with Crippen molar-refractivity contribution >= 4 is 56.5 Å². The minimum Gasteiger partial charge on any atom is -0.478 e. The number of hydrogen-bond acceptors (Lipinski definition) is 3. The van der Waals surface area contributed by atoms with Crippen LogP contribution in [-0.2, 0) is 10.0 Å². The number of carbonyl (C=O) groups is 1. The van der Waals surface area contributed by atoms with Crippen molar-refractivity contribution in [2.45, 2.75) is 11.8 Å². The monoisotopic (exact) mass is 393 g/mol. The molecule has 2 rings (SSSR count). The summed E-state index contributed by atoms with van der Waals surface area (Å²) >= 11 is 17.6. The van der Waals surface area contributed by atoms with E-state index in [1.54, 1.807) is 19.1 Å². The van der Waals surface area contributed by atoms with Crippen molar-refractivity contribution in [2.75, 3.05) is 4.72 Å². The number of sulfonamides is 1. The maximum absolute atomic E-state index is 12.4. The van der Waals surface area contributed by atoms with E-state index in [1.165, 1.54) is 12.1 Å². The number of halogens is 3. The highest BCUT2D eigenvalue weighted by molar-refractivity contribution is 7.92. The van der Waals surface area contributed by atoms with Crippen LogP contribution in [0.25, 0.3) is 0 Å². The topological polar surface area (TPSA) is 83.5 Å². The van der Waals surface area contributed by atoms with E-state index in [-0.39, 0.29) is 31.2 Å². The lowest BCUT2D eigenvalue weighted by atomic mass is 10.2. The van der Waals surface area contributed by atoms with E-state index in [4.69, 9.17) is 39.9 Å². The molecule has 0 aliphatic rings. The number of hydrogen-bond donors (Lipinski definition) is 2. The van der Waals surface area contributed by atoms with Gasteiger partial charge in [-0.25, -0.2) is 13.2 Å². The highest BCUT2D eigenvalue weighted by Crippen LogP contribution is 2.32. The van der Waals surface area contributed by atoms with E-state index in [0.29, 0.717) is 5.56 Å². The first-order valence-corrected chi connectivity index (χ1v) is 8.75. The van der Waals surface area contributed by atoms with Gasteiger partial charge in [0, 0.05) is 0 Å². The molecule has 2 N–H and O–H groups in total. The molecule has 0 radical (unpaired) electrons. The van der Waals surface area contributed by atoms with Crippen molar-refractivity contribution < 1.29 is 18.3 Å². The first-order chi connectivity index (χ1) is 10.6. The molecule has 0 spiro atoms. The van der Waals surface area contributed by atoms with Crippen LogP contribution in [0.15, 0.2) is 35.2 Å². The molecule has 23 heavy (non-hydrogen) atoms. The number of rotatable bonds is 4. The molecular formula is C14H10Cl3NO4S. The fourth-order valence-corrected chi connectivity index (χ4v) is 3.87. The number of carboxylic acids is 1. The van der Waals surface area contributed by atoms with Crippen molar-refractivity contribution in [3.8, 4) is 0 Å². The second-order valence-electron chi connectivity index (χ2n) is 4.62. The van der Waals surface area contributed by atoms with Crippen molar-refractivity contribution in [1.82, 2.24) is 0 Å². The minimum atomic E-state index is -4.02. The lowest BCUT2D eigenvalue weighted by Gasteiger charge is -2.12. The summed E-state index contributed by atoms with van der Waals surface area (Å²) in [6.45, 7) is 1.67. The number of anilines is 1. The number of aromatic carboxylic acids is 1. The SMILES string of the molecule is Cc1cccc(S(=O)(=O)Nc2cc(Cl)c(Cl)c(C(=O)O)c2)c1Cl. The smallest absolute Gasteiger partial charge is 0.337 e. The van der Waals surface area contributed by atoms with Crippen molar-refractivity contribution in [1.29, 1.82) is 0 Å². The van der Waals surface area contributed by atoms with Gasteiger partial charge in [-0.05, 0) is 30.7 Å². The molecule has 0 unspecified atom stereocenters. The zero-order valence-electron chi connectivity index (χ0n) is 11.6. The molecule has 0 saturated carbocycles. The summed E-state index contributed by atoms with van der Waals surface area (Å²) in [6, 6.07) is 6.86. The predicted molar refractivity (Wildman–Crippen MR) is 90.4 cm³/mol. The minimum absolute atomic E-state index is 0.0330. The Hall–Kier alpha value is -1.47. The Morgan fingerprint density at radius 2 is 1.78 bits per heavy atom. The third kappa shape index (κ3) is 3.72. The van der Waals surface area contributed by atoms with Gasteiger partial charge in [-0.3, -0.25) is 4.72 Å². The van der Waals surface area contributed by atoms with Gasteiger partial charge >= 0.3 is 5.97 Å². The lowest BCUT2D eigenvalue weighted by Crippen LogP contribution is -2.14. The summed E-state index contributed by atoms with van der Waals surface area (Å²) in [4.78, 5) is 11.0. The molecule has 0 saturated heterocycles. The average molecular weight is 395 g/mol. The second-order valence-corrected chi connectivity index (χ2v) is 7.43. The number of carboxylic acid groups (broad SMARTS) is 1. The molecule has 122 valence electrons. The number of aryl methyl sites for hydroxylation is 1. The highest BCUT2D eigenvalue weighted by Gasteiger charge is 2.21. The van der Waals surface area contributed by atoms with Gasteiger partial charge in [0.2, 0.25) is 0 Å². The Balaban J connectivity index is 2.50. The third-order valence-corrected chi connectivity index (χ3v) is 5.80. The van der Waals surface area contributed by atoms with Gasteiger partial charge in [-0.15, -0.1) is 0 Å². The average Bonchev–Trinajstić information content (AvgIpc) is 2.44. The molecule has 0 aliphatic carbocycles. The molecule has 0 amide bonds. The van der Waals surface area contributed by atoms with Crippen molar-refractivity contribution in [3.05, 3.63) is 56.5 Å². The Kier molecular flexibility index (Phi) is 5.10. The quantitative estimate of drug-likeness (QED) is 0.802. The normalized spacial score (nSPS) is 11.3. The summed E-state index contributed by atoms with van der Waals surface area (Å²) in [7, 11) is -4.02. The van der Waals surface area contributed by atoms with Gasteiger partial charge in [-0.1, -0.05) is 46.9 Å². The molecule has 0 atom stereocenters. The molecule has 2 aromatic rings. The molecular weight excluding hydrogens is 385 g/mol. The summed E-state index contributed by atoms with van der Waals surface area (Å²) < 4.78 is 27.1. The van der Waals surface area contributed by atoms with Crippen LogP contribution in [0.5, 0.6) is 0 Å². The van der Waals surface area contributed by atoms with Gasteiger partial charge in [-0.2, -0.15) is 0 Å². The van der Waals surface area contributed by atoms with Crippen LogP contribution < -0.4 is 4.72 Å². The molecule has 0 aromatic heterocycles. The van der Waals surface area contributed by atoms with Crippen LogP contribution in [-0.4, -0.2) is 19.5 Å². The zero-order valence-corrected chi connectivity index (χ0v) is 14.7. The van der Waals surface area contributed by atoms with Gasteiger partial charge < -0.3 is 5.11 Å². The maximum Gasteiger partial charge on any atom is 0.337 e. The summed E-state index contributed by atoms with van der Waals surface area (Å²) in [6.07, 6.45) is 0.